The van der Waals surface area contributed by atoms with Crippen LogP contribution < -0.4 is 0 Å². The molecule has 0 aromatic heterocycles. The van der Waals surface area contributed by atoms with E-state index in [9.17, 15) is 16.8 Å². The van der Waals surface area contributed by atoms with Crippen LogP contribution in [0.4, 0.5) is 0 Å². The van der Waals surface area contributed by atoms with Crippen molar-refractivity contribution in [3.63, 3.8) is 0 Å². The Morgan fingerprint density at radius 2 is 1.14 bits per heavy atom. The molecule has 2 rings (SSSR count). The van der Waals surface area contributed by atoms with Crippen LogP contribution in [0.25, 0.3) is 31.7 Å². The van der Waals surface area contributed by atoms with Crippen molar-refractivity contribution in [2.24, 2.45) is 9.04 Å². The minimum absolute atomic E-state index is 0.267. The minimum atomic E-state index is -4.18. The average Bonchev–Trinajstić information content (AvgIpc) is 2.46. The molecule has 112 valence electrons. The summed E-state index contributed by atoms with van der Waals surface area (Å²) in [4.78, 5) is 3.90. The lowest BCUT2D eigenvalue weighted by molar-refractivity contribution is 0.596. The van der Waals surface area contributed by atoms with Crippen molar-refractivity contribution < 1.29 is 16.8 Å². The van der Waals surface area contributed by atoms with Crippen LogP contribution in [0.3, 0.4) is 0 Å². The van der Waals surface area contributed by atoms with Gasteiger partial charge in [-0.1, -0.05) is 12.1 Å². The fraction of sp³-hybridized carbons (Fsp3) is 0. The maximum Gasteiger partial charge on any atom is 0.264 e. The molecule has 2 aromatic carbocycles. The van der Waals surface area contributed by atoms with Crippen LogP contribution in [0, 0.1) is 0 Å². The first-order valence-corrected chi connectivity index (χ1v) is 8.35. The van der Waals surface area contributed by atoms with Crippen molar-refractivity contribution in [2.45, 2.75) is 9.79 Å². The topological polar surface area (TPSA) is 166 Å². The second-order valence-corrected chi connectivity index (χ2v) is 7.13. The van der Waals surface area contributed by atoms with Crippen LogP contribution in [0.15, 0.2) is 55.2 Å². The van der Waals surface area contributed by atoms with E-state index in [1.807, 2.05) is 0 Å². The Morgan fingerprint density at radius 3 is 1.50 bits per heavy atom. The van der Waals surface area contributed by atoms with E-state index in [2.05, 4.69) is 18.9 Å². The third-order valence-electron chi connectivity index (χ3n) is 2.67. The van der Waals surface area contributed by atoms with Crippen molar-refractivity contribution in [2.75, 3.05) is 0 Å². The summed E-state index contributed by atoms with van der Waals surface area (Å²) in [5, 5.41) is 0.822. The molecule has 0 heterocycles. The van der Waals surface area contributed by atoms with Crippen molar-refractivity contribution in [3.8, 4) is 0 Å². The molecule has 10 nitrogen and oxygen atoms in total. The van der Waals surface area contributed by atoms with Gasteiger partial charge in [0.1, 0.15) is 0 Å². The van der Waals surface area contributed by atoms with Gasteiger partial charge in [-0.2, -0.15) is 0 Å². The summed E-state index contributed by atoms with van der Waals surface area (Å²) in [6.07, 6.45) is 0. The average molecular weight is 338 g/mol. The normalized spacial score (nSPS) is 11.5. The van der Waals surface area contributed by atoms with Crippen LogP contribution in [0.2, 0.25) is 0 Å². The number of benzene rings is 2. The molecule has 0 saturated heterocycles. The zero-order valence-corrected chi connectivity index (χ0v) is 12.2. The largest absolute Gasteiger partial charge is 0.264 e. The van der Waals surface area contributed by atoms with Crippen LogP contribution in [-0.2, 0) is 20.0 Å². The number of hydrogen-bond donors (Lipinski definition) is 0. The third kappa shape index (κ3) is 2.95. The van der Waals surface area contributed by atoms with Gasteiger partial charge in [0.25, 0.3) is 20.0 Å². The molecule has 0 aliphatic carbocycles. The molecule has 0 unspecified atom stereocenters. The smallest absolute Gasteiger partial charge is 0.216 e. The molecule has 0 amide bonds. The molecule has 12 heteroatoms. The van der Waals surface area contributed by atoms with Gasteiger partial charge in [-0.3, -0.25) is 0 Å². The van der Waals surface area contributed by atoms with Crippen molar-refractivity contribution in [3.05, 3.63) is 57.3 Å². The molecule has 0 spiro atoms. The maximum absolute atomic E-state index is 11.7. The summed E-state index contributed by atoms with van der Waals surface area (Å²) in [5.74, 6) is 0. The molecular weight excluding hydrogens is 332 g/mol. The minimum Gasteiger partial charge on any atom is -0.216 e. The van der Waals surface area contributed by atoms with Gasteiger partial charge in [-0.25, -0.2) is 16.8 Å². The van der Waals surface area contributed by atoms with E-state index < -0.39 is 20.0 Å². The second kappa shape index (κ2) is 5.54. The molecule has 0 fully saturated rings. The van der Waals surface area contributed by atoms with Gasteiger partial charge in [0.05, 0.1) is 9.79 Å². The summed E-state index contributed by atoms with van der Waals surface area (Å²) in [7, 11) is -8.37. The highest BCUT2D eigenvalue weighted by Gasteiger charge is 2.15. The Kier molecular flexibility index (Phi) is 3.93. The molecule has 0 radical (unpaired) electrons. The zero-order valence-electron chi connectivity index (χ0n) is 10.6. The summed E-state index contributed by atoms with van der Waals surface area (Å²) in [6, 6.07) is 7.64. The lowest BCUT2D eigenvalue weighted by atomic mass is 10.1. The summed E-state index contributed by atoms with van der Waals surface area (Å²) < 4.78 is 52.0. The predicted octanol–water partition coefficient (Wildman–Crippen LogP) is 2.84. The SMILES string of the molecule is [N-]=[N+]=NS(=O)(=O)c1ccc2ccc(S(=O)(=O)N=[N+]=[N-])cc2c1. The van der Waals surface area contributed by atoms with E-state index >= 15 is 0 Å². The fourth-order valence-electron chi connectivity index (χ4n) is 1.71. The summed E-state index contributed by atoms with van der Waals surface area (Å²) >= 11 is 0. The van der Waals surface area contributed by atoms with Crippen molar-refractivity contribution >= 4 is 30.8 Å². The van der Waals surface area contributed by atoms with E-state index in [1.54, 1.807) is 0 Å². The molecular formula is C10H6N6O4S2. The van der Waals surface area contributed by atoms with E-state index in [0.717, 1.165) is 12.1 Å². The highest BCUT2D eigenvalue weighted by atomic mass is 32.2. The van der Waals surface area contributed by atoms with Crippen LogP contribution >= 0.6 is 0 Å². The molecule has 2 aromatic rings. The molecule has 0 atom stereocenters. The van der Waals surface area contributed by atoms with Gasteiger partial charge in [0, 0.05) is 18.9 Å². The second-order valence-electron chi connectivity index (χ2n) is 3.96. The number of fused-ring (bicyclic) bond motifs is 1. The van der Waals surface area contributed by atoms with Crippen molar-refractivity contribution in [1.29, 1.82) is 0 Å². The van der Waals surface area contributed by atoms with Crippen molar-refractivity contribution in [1.82, 2.24) is 0 Å². The Hall–Kier alpha value is -2.78. The van der Waals surface area contributed by atoms with Gasteiger partial charge in [-0.15, -0.1) is 0 Å². The lowest BCUT2D eigenvalue weighted by Crippen LogP contribution is -1.97. The quantitative estimate of drug-likeness (QED) is 0.475. The molecule has 0 N–H and O–H groups in total. The van der Waals surface area contributed by atoms with Gasteiger partial charge in [-0.05, 0) is 46.1 Å². The van der Waals surface area contributed by atoms with E-state index in [-0.39, 0.29) is 15.2 Å². The van der Waals surface area contributed by atoms with Crippen LogP contribution in [0.5, 0.6) is 0 Å². The Morgan fingerprint density at radius 1 is 0.727 bits per heavy atom. The third-order valence-corrected chi connectivity index (χ3v) is 4.94. The Balaban J connectivity index is 2.72. The Labute approximate surface area is 124 Å². The predicted molar refractivity (Wildman–Crippen MR) is 76.6 cm³/mol. The summed E-state index contributed by atoms with van der Waals surface area (Å²) in [6.45, 7) is 0. The van der Waals surface area contributed by atoms with Crippen LogP contribution in [0.1, 0.15) is 0 Å². The van der Waals surface area contributed by atoms with Gasteiger partial charge < -0.3 is 0 Å². The van der Waals surface area contributed by atoms with E-state index in [4.69, 9.17) is 11.1 Å². The van der Waals surface area contributed by atoms with Gasteiger partial charge in [0.15, 0.2) is 0 Å². The number of hydrogen-bond acceptors (Lipinski definition) is 4. The van der Waals surface area contributed by atoms with Gasteiger partial charge >= 0.3 is 0 Å². The monoisotopic (exact) mass is 338 g/mol. The van der Waals surface area contributed by atoms with Crippen LogP contribution in [-0.4, -0.2) is 16.8 Å². The molecule has 0 aliphatic heterocycles. The number of sulfonamides is 2. The number of rotatable bonds is 4. The Bertz CT molecular complexity index is 981. The molecule has 0 bridgehead atoms. The number of nitrogens with zero attached hydrogens (tertiary/aromatic N) is 6. The fourth-order valence-corrected chi connectivity index (χ4v) is 3.13. The highest BCUT2D eigenvalue weighted by Crippen LogP contribution is 2.24. The molecule has 22 heavy (non-hydrogen) atoms. The first-order chi connectivity index (χ1) is 10.3. The first-order valence-electron chi connectivity index (χ1n) is 5.47. The standard InChI is InChI=1S/C10H6N6O4S2/c11-13-15-21(17,18)9-3-1-7-2-4-10(6-8(7)5-9)22(19,20)16-14-12/h1-6H. The maximum atomic E-state index is 11.7. The van der Waals surface area contributed by atoms with Gasteiger partial charge in [0.2, 0.25) is 0 Å². The highest BCUT2D eigenvalue weighted by molar-refractivity contribution is 7.90. The van der Waals surface area contributed by atoms with E-state index in [0.29, 0.717) is 5.39 Å². The molecule has 0 aliphatic rings. The lowest BCUT2D eigenvalue weighted by Gasteiger charge is -2.03. The zero-order chi connectivity index (χ0) is 16.4. The first kappa shape index (κ1) is 15.6. The van der Waals surface area contributed by atoms with E-state index in [1.165, 1.54) is 24.3 Å². The molecule has 0 saturated carbocycles. The number of azide groups is 2. The summed E-state index contributed by atoms with van der Waals surface area (Å²) in [5.41, 5.74) is 16.5.